The normalized spacial score (nSPS) is 11.0. The highest BCUT2D eigenvalue weighted by molar-refractivity contribution is 6.00. The van der Waals surface area contributed by atoms with Gasteiger partial charge in [0.15, 0.2) is 6.61 Å². The second kappa shape index (κ2) is 7.09. The Balaban J connectivity index is 1.93. The molecule has 0 radical (unpaired) electrons. The molecule has 0 aliphatic heterocycles. The predicted octanol–water partition coefficient (Wildman–Crippen LogP) is 3.39. The molecule has 1 heterocycles. The first kappa shape index (κ1) is 16.7. The van der Waals surface area contributed by atoms with E-state index in [9.17, 15) is 9.59 Å². The summed E-state index contributed by atoms with van der Waals surface area (Å²) in [5, 5.41) is 0. The first-order chi connectivity index (χ1) is 10.9. The van der Waals surface area contributed by atoms with Crippen LogP contribution in [-0.4, -0.2) is 22.9 Å². The van der Waals surface area contributed by atoms with E-state index in [4.69, 9.17) is 4.74 Å². The molecule has 4 heteroatoms. The minimum absolute atomic E-state index is 0.191. The summed E-state index contributed by atoms with van der Waals surface area (Å²) in [7, 11) is 1.90. The van der Waals surface area contributed by atoms with Crippen LogP contribution >= 0.6 is 0 Å². The minimum atomic E-state index is -0.523. The topological polar surface area (TPSA) is 48.3 Å². The number of benzene rings is 1. The van der Waals surface area contributed by atoms with Crippen molar-refractivity contribution in [2.75, 3.05) is 6.61 Å². The smallest absolute Gasteiger partial charge is 0.331 e. The van der Waals surface area contributed by atoms with Crippen LogP contribution in [0.4, 0.5) is 0 Å². The summed E-state index contributed by atoms with van der Waals surface area (Å²) in [5.41, 5.74) is 4.50. The summed E-state index contributed by atoms with van der Waals surface area (Å²) >= 11 is 0. The maximum absolute atomic E-state index is 12.1. The molecule has 4 nitrogen and oxygen atoms in total. The van der Waals surface area contributed by atoms with E-state index in [2.05, 4.69) is 0 Å². The molecule has 23 heavy (non-hydrogen) atoms. The number of hydrogen-bond donors (Lipinski definition) is 0. The van der Waals surface area contributed by atoms with E-state index in [0.717, 1.165) is 22.5 Å². The van der Waals surface area contributed by atoms with Gasteiger partial charge in [-0.3, -0.25) is 4.79 Å². The van der Waals surface area contributed by atoms with Gasteiger partial charge in [-0.15, -0.1) is 0 Å². The van der Waals surface area contributed by atoms with E-state index in [-0.39, 0.29) is 12.4 Å². The maximum atomic E-state index is 12.1. The van der Waals surface area contributed by atoms with Gasteiger partial charge in [0.1, 0.15) is 0 Å². The van der Waals surface area contributed by atoms with E-state index in [1.807, 2.05) is 62.7 Å². The van der Waals surface area contributed by atoms with E-state index in [0.29, 0.717) is 5.56 Å². The Bertz CT molecular complexity index is 769. The van der Waals surface area contributed by atoms with Crippen molar-refractivity contribution in [2.45, 2.75) is 20.8 Å². The van der Waals surface area contributed by atoms with Gasteiger partial charge >= 0.3 is 5.97 Å². The first-order valence-corrected chi connectivity index (χ1v) is 7.46. The second-order valence-corrected chi connectivity index (χ2v) is 5.62. The SMILES string of the molecule is Cc1cccc(/C=C/C(=O)OCC(=O)c2cc(C)n(C)c2C)c1. The lowest BCUT2D eigenvalue weighted by atomic mass is 10.1. The highest BCUT2D eigenvalue weighted by Gasteiger charge is 2.15. The maximum Gasteiger partial charge on any atom is 0.331 e. The van der Waals surface area contributed by atoms with Crippen LogP contribution in [-0.2, 0) is 16.6 Å². The molecule has 120 valence electrons. The Hall–Kier alpha value is -2.62. The fourth-order valence-electron chi connectivity index (χ4n) is 2.34. The van der Waals surface area contributed by atoms with Crippen molar-refractivity contribution >= 4 is 17.8 Å². The Morgan fingerprint density at radius 3 is 2.52 bits per heavy atom. The fourth-order valence-corrected chi connectivity index (χ4v) is 2.34. The molecule has 1 aromatic carbocycles. The van der Waals surface area contributed by atoms with Crippen molar-refractivity contribution in [1.82, 2.24) is 4.57 Å². The Kier molecular flexibility index (Phi) is 5.16. The average molecular weight is 311 g/mol. The summed E-state index contributed by atoms with van der Waals surface area (Å²) in [4.78, 5) is 23.9. The molecular formula is C19H21NO3. The van der Waals surface area contributed by atoms with Gasteiger partial charge in [0.05, 0.1) is 0 Å². The molecule has 0 bridgehead atoms. The molecule has 0 amide bonds. The van der Waals surface area contributed by atoms with Crippen LogP contribution in [0.5, 0.6) is 0 Å². The highest BCUT2D eigenvalue weighted by Crippen LogP contribution is 2.14. The number of esters is 1. The number of nitrogens with zero attached hydrogens (tertiary/aromatic N) is 1. The molecule has 0 aliphatic rings. The minimum Gasteiger partial charge on any atom is -0.454 e. The Labute approximate surface area is 136 Å². The summed E-state index contributed by atoms with van der Waals surface area (Å²) < 4.78 is 6.97. The number of aromatic nitrogens is 1. The molecule has 0 atom stereocenters. The van der Waals surface area contributed by atoms with Gasteiger partial charge in [-0.2, -0.15) is 0 Å². The van der Waals surface area contributed by atoms with Crippen LogP contribution < -0.4 is 0 Å². The first-order valence-electron chi connectivity index (χ1n) is 7.46. The molecule has 0 saturated heterocycles. The number of Topliss-reactive ketones (excluding diaryl/α,β-unsaturated/α-hetero) is 1. The summed E-state index contributed by atoms with van der Waals surface area (Å²) in [5.74, 6) is -0.714. The monoisotopic (exact) mass is 311 g/mol. The molecule has 2 rings (SSSR count). The van der Waals surface area contributed by atoms with Crippen molar-refractivity contribution in [1.29, 1.82) is 0 Å². The Morgan fingerprint density at radius 2 is 1.91 bits per heavy atom. The van der Waals surface area contributed by atoms with E-state index >= 15 is 0 Å². The zero-order valence-electron chi connectivity index (χ0n) is 13.9. The zero-order valence-corrected chi connectivity index (χ0v) is 13.9. The number of rotatable bonds is 5. The van der Waals surface area contributed by atoms with Gasteiger partial charge < -0.3 is 9.30 Å². The van der Waals surface area contributed by atoms with Gasteiger partial charge in [0, 0.05) is 30.1 Å². The third-order valence-electron chi connectivity index (χ3n) is 3.88. The lowest BCUT2D eigenvalue weighted by molar-refractivity contribution is -0.136. The van der Waals surface area contributed by atoms with Crippen LogP contribution in [0, 0.1) is 20.8 Å². The molecule has 0 unspecified atom stereocenters. The third-order valence-corrected chi connectivity index (χ3v) is 3.88. The third kappa shape index (κ3) is 4.19. The van der Waals surface area contributed by atoms with Gasteiger partial charge in [0.25, 0.3) is 0 Å². The quantitative estimate of drug-likeness (QED) is 0.483. The molecule has 1 aromatic heterocycles. The molecular weight excluding hydrogens is 290 g/mol. The summed E-state index contributed by atoms with van der Waals surface area (Å²) in [6.07, 6.45) is 3.02. The zero-order chi connectivity index (χ0) is 17.0. The standard InChI is InChI=1S/C19H21NO3/c1-13-6-5-7-16(10-13)8-9-19(22)23-12-18(21)17-11-14(2)20(4)15(17)3/h5-11H,12H2,1-4H3/b9-8+. The lowest BCUT2D eigenvalue weighted by Gasteiger charge is -2.03. The fraction of sp³-hybridized carbons (Fsp3) is 0.263. The van der Waals surface area contributed by atoms with E-state index < -0.39 is 5.97 Å². The molecule has 2 aromatic rings. The largest absolute Gasteiger partial charge is 0.454 e. The second-order valence-electron chi connectivity index (χ2n) is 5.62. The lowest BCUT2D eigenvalue weighted by Crippen LogP contribution is -2.13. The van der Waals surface area contributed by atoms with Gasteiger partial charge in [0.2, 0.25) is 5.78 Å². The number of aryl methyl sites for hydroxylation is 2. The molecule has 0 aliphatic carbocycles. The number of carbonyl (C=O) groups is 2. The van der Waals surface area contributed by atoms with Crippen LogP contribution in [0.15, 0.2) is 36.4 Å². The predicted molar refractivity (Wildman–Crippen MR) is 90.4 cm³/mol. The Morgan fingerprint density at radius 1 is 1.17 bits per heavy atom. The summed E-state index contributed by atoms with van der Waals surface area (Å²) in [6.45, 7) is 5.54. The molecule has 0 N–H and O–H groups in total. The number of ether oxygens (including phenoxy) is 1. The van der Waals surface area contributed by atoms with Crippen LogP contribution in [0.3, 0.4) is 0 Å². The van der Waals surface area contributed by atoms with Crippen molar-refractivity contribution in [3.8, 4) is 0 Å². The van der Waals surface area contributed by atoms with Gasteiger partial charge in [-0.1, -0.05) is 29.8 Å². The highest BCUT2D eigenvalue weighted by atomic mass is 16.5. The molecule has 0 saturated carbocycles. The van der Waals surface area contributed by atoms with Crippen LogP contribution in [0.2, 0.25) is 0 Å². The van der Waals surface area contributed by atoms with Crippen molar-refractivity contribution in [3.63, 3.8) is 0 Å². The van der Waals surface area contributed by atoms with Crippen LogP contribution in [0.25, 0.3) is 6.08 Å². The van der Waals surface area contributed by atoms with Crippen molar-refractivity contribution in [3.05, 3.63) is 64.5 Å². The summed E-state index contributed by atoms with van der Waals surface area (Å²) in [6, 6.07) is 9.58. The van der Waals surface area contributed by atoms with E-state index in [1.165, 1.54) is 6.08 Å². The van der Waals surface area contributed by atoms with Crippen molar-refractivity contribution < 1.29 is 14.3 Å². The molecule has 0 spiro atoms. The number of carbonyl (C=O) groups excluding carboxylic acids is 2. The van der Waals surface area contributed by atoms with Crippen LogP contribution in [0.1, 0.15) is 32.9 Å². The molecule has 0 fully saturated rings. The van der Waals surface area contributed by atoms with Crippen molar-refractivity contribution in [2.24, 2.45) is 7.05 Å². The van der Waals surface area contributed by atoms with E-state index in [1.54, 1.807) is 6.08 Å². The van der Waals surface area contributed by atoms with Gasteiger partial charge in [-0.05, 0) is 38.5 Å². The number of ketones is 1. The number of hydrogen-bond acceptors (Lipinski definition) is 3. The van der Waals surface area contributed by atoms with Gasteiger partial charge in [-0.25, -0.2) is 4.79 Å². The average Bonchev–Trinajstić information content (AvgIpc) is 2.78.